The Bertz CT molecular complexity index is 1590. The van der Waals surface area contributed by atoms with Crippen LogP contribution in [0.1, 0.15) is 44.6 Å². The third kappa shape index (κ3) is 7.09. The van der Waals surface area contributed by atoms with E-state index in [0.717, 1.165) is 63.1 Å². The first-order valence-electron chi connectivity index (χ1n) is 15.6. The van der Waals surface area contributed by atoms with E-state index in [-0.39, 0.29) is 11.8 Å². The Morgan fingerprint density at radius 3 is 2.61 bits per heavy atom. The minimum absolute atomic E-state index is 0.231. The Balaban J connectivity index is 1.22. The van der Waals surface area contributed by atoms with Gasteiger partial charge in [0.2, 0.25) is 5.95 Å². The van der Waals surface area contributed by atoms with Crippen molar-refractivity contribution in [3.63, 3.8) is 0 Å². The fraction of sp³-hybridized carbons (Fsp3) is 0.516. The Labute approximate surface area is 267 Å². The van der Waals surface area contributed by atoms with Crippen molar-refractivity contribution in [1.82, 2.24) is 44.9 Å². The molecule has 1 saturated carbocycles. The average Bonchev–Trinajstić information content (AvgIpc) is 3.76. The minimum atomic E-state index is -0.272. The van der Waals surface area contributed by atoms with Gasteiger partial charge in [0, 0.05) is 38.2 Å². The van der Waals surface area contributed by atoms with Crippen LogP contribution < -0.4 is 14.8 Å². The van der Waals surface area contributed by atoms with Gasteiger partial charge in [-0.05, 0) is 60.7 Å². The molecular weight excluding hydrogens is 590 g/mol. The first kappa shape index (κ1) is 31.3. The summed E-state index contributed by atoms with van der Waals surface area (Å²) in [5.74, 6) is 1.35. The molecule has 1 N–H and O–H groups in total. The number of nitrogens with one attached hydrogen (secondary N) is 1. The molecule has 0 bridgehead atoms. The summed E-state index contributed by atoms with van der Waals surface area (Å²) in [7, 11) is 1.65. The van der Waals surface area contributed by atoms with Crippen LogP contribution in [0.5, 0.6) is 11.6 Å². The second-order valence-electron chi connectivity index (χ2n) is 11.5. The van der Waals surface area contributed by atoms with E-state index in [1.54, 1.807) is 30.3 Å². The standard InChI is InChI=1S/C31H39N11O4/c1-23(20-41-22-35-38-39-41)46-28-16-24(6-7-25(28)17-32)26-18-33-30(34-19-26)36-27-21-42(37-29(27)45-15-14-43-2)31(8-4-3-5-9-31)40-10-12-44-13-11-40/h6-7,16,18-19,21-23H,3-5,8-15,20H2,1-2H3,(H,33,34,36). The maximum atomic E-state index is 9.66. The van der Waals surface area contributed by atoms with Gasteiger partial charge in [0.1, 0.15) is 42.2 Å². The van der Waals surface area contributed by atoms with Gasteiger partial charge in [0.15, 0.2) is 0 Å². The minimum Gasteiger partial charge on any atom is -0.487 e. The number of hydrogen-bond acceptors (Lipinski definition) is 13. The van der Waals surface area contributed by atoms with Gasteiger partial charge in [0.25, 0.3) is 5.88 Å². The van der Waals surface area contributed by atoms with Gasteiger partial charge in [-0.25, -0.2) is 19.3 Å². The number of tetrazole rings is 1. The van der Waals surface area contributed by atoms with E-state index in [0.29, 0.717) is 48.6 Å². The van der Waals surface area contributed by atoms with E-state index in [2.05, 4.69) is 46.5 Å². The highest BCUT2D eigenvalue weighted by Crippen LogP contribution is 2.40. The number of anilines is 2. The van der Waals surface area contributed by atoms with Crippen molar-refractivity contribution in [1.29, 1.82) is 5.26 Å². The predicted molar refractivity (Wildman–Crippen MR) is 166 cm³/mol. The van der Waals surface area contributed by atoms with Crippen LogP contribution in [-0.2, 0) is 21.7 Å². The van der Waals surface area contributed by atoms with Crippen molar-refractivity contribution in [3.8, 4) is 28.8 Å². The van der Waals surface area contributed by atoms with E-state index >= 15 is 0 Å². The molecule has 1 atom stereocenters. The fourth-order valence-corrected chi connectivity index (χ4v) is 6.11. The van der Waals surface area contributed by atoms with E-state index in [1.807, 2.05) is 25.3 Å². The summed E-state index contributed by atoms with van der Waals surface area (Å²) in [5.41, 5.74) is 2.47. The van der Waals surface area contributed by atoms with Crippen molar-refractivity contribution >= 4 is 11.6 Å². The van der Waals surface area contributed by atoms with Crippen LogP contribution in [0.4, 0.5) is 11.6 Å². The van der Waals surface area contributed by atoms with E-state index in [9.17, 15) is 5.26 Å². The number of ether oxygens (including phenoxy) is 4. The summed E-state index contributed by atoms with van der Waals surface area (Å²) in [5, 5.41) is 29.1. The monoisotopic (exact) mass is 629 g/mol. The van der Waals surface area contributed by atoms with E-state index < -0.39 is 0 Å². The second-order valence-corrected chi connectivity index (χ2v) is 11.5. The molecule has 1 unspecified atom stereocenters. The molecule has 15 nitrogen and oxygen atoms in total. The Hall–Kier alpha value is -4.65. The summed E-state index contributed by atoms with van der Waals surface area (Å²) >= 11 is 0. The molecule has 0 amide bonds. The van der Waals surface area contributed by atoms with Crippen LogP contribution in [-0.4, -0.2) is 97.6 Å². The van der Waals surface area contributed by atoms with Crippen LogP contribution in [0.3, 0.4) is 0 Å². The molecular formula is C31H39N11O4. The molecule has 0 spiro atoms. The highest BCUT2D eigenvalue weighted by atomic mass is 16.5. The zero-order valence-electron chi connectivity index (χ0n) is 26.2. The Morgan fingerprint density at radius 1 is 1.09 bits per heavy atom. The van der Waals surface area contributed by atoms with E-state index in [4.69, 9.17) is 24.0 Å². The van der Waals surface area contributed by atoms with Crippen LogP contribution in [0, 0.1) is 11.3 Å². The summed E-state index contributed by atoms with van der Waals surface area (Å²) in [6, 6.07) is 7.60. The van der Waals surface area contributed by atoms with Gasteiger partial charge in [0.05, 0.1) is 38.1 Å². The molecule has 1 saturated heterocycles. The second kappa shape index (κ2) is 14.6. The summed E-state index contributed by atoms with van der Waals surface area (Å²) < 4.78 is 26.7. The zero-order valence-corrected chi connectivity index (χ0v) is 26.2. The molecule has 15 heteroatoms. The topological polar surface area (TPSA) is 163 Å². The molecule has 1 aliphatic heterocycles. The summed E-state index contributed by atoms with van der Waals surface area (Å²) in [6.45, 7) is 6.32. The quantitative estimate of drug-likeness (QED) is 0.214. The molecule has 1 aromatic carbocycles. The van der Waals surface area contributed by atoms with Crippen LogP contribution in [0.15, 0.2) is 43.1 Å². The fourth-order valence-electron chi connectivity index (χ4n) is 6.11. The third-order valence-corrected chi connectivity index (χ3v) is 8.38. The first-order valence-corrected chi connectivity index (χ1v) is 15.6. The zero-order chi connectivity index (χ0) is 31.8. The molecule has 4 aromatic rings. The molecule has 1 aliphatic carbocycles. The van der Waals surface area contributed by atoms with Gasteiger partial charge in [-0.15, -0.1) is 10.2 Å². The maximum absolute atomic E-state index is 9.66. The number of rotatable bonds is 13. The van der Waals surface area contributed by atoms with Crippen molar-refractivity contribution in [2.75, 3.05) is 51.9 Å². The van der Waals surface area contributed by atoms with Gasteiger partial charge in [-0.2, -0.15) is 5.26 Å². The number of benzene rings is 1. The highest BCUT2D eigenvalue weighted by molar-refractivity contribution is 5.67. The lowest BCUT2D eigenvalue weighted by molar-refractivity contribution is -0.0836. The maximum Gasteiger partial charge on any atom is 0.257 e. The van der Waals surface area contributed by atoms with Crippen LogP contribution >= 0.6 is 0 Å². The largest absolute Gasteiger partial charge is 0.487 e. The number of hydrogen-bond donors (Lipinski definition) is 1. The molecule has 3 aromatic heterocycles. The van der Waals surface area contributed by atoms with Crippen molar-refractivity contribution in [2.24, 2.45) is 0 Å². The van der Waals surface area contributed by atoms with Crippen LogP contribution in [0.2, 0.25) is 0 Å². The molecule has 4 heterocycles. The number of methoxy groups -OCH3 is 1. The summed E-state index contributed by atoms with van der Waals surface area (Å²) in [4.78, 5) is 11.7. The predicted octanol–water partition coefficient (Wildman–Crippen LogP) is 3.38. The van der Waals surface area contributed by atoms with Crippen molar-refractivity contribution in [2.45, 2.75) is 57.3 Å². The molecule has 6 rings (SSSR count). The Kier molecular flexibility index (Phi) is 9.97. The lowest BCUT2D eigenvalue weighted by Crippen LogP contribution is -2.56. The number of aromatic nitrogens is 8. The van der Waals surface area contributed by atoms with Gasteiger partial charge in [-0.1, -0.05) is 12.5 Å². The van der Waals surface area contributed by atoms with Crippen molar-refractivity contribution < 1.29 is 18.9 Å². The average molecular weight is 630 g/mol. The third-order valence-electron chi connectivity index (χ3n) is 8.38. The van der Waals surface area contributed by atoms with Gasteiger partial charge < -0.3 is 24.3 Å². The molecule has 2 aliphatic rings. The number of morpholine rings is 1. The lowest BCUT2D eigenvalue weighted by atomic mass is 9.87. The molecule has 46 heavy (non-hydrogen) atoms. The number of nitriles is 1. The smallest absolute Gasteiger partial charge is 0.257 e. The Morgan fingerprint density at radius 2 is 1.89 bits per heavy atom. The molecule has 2 fully saturated rings. The normalized spacial score (nSPS) is 17.2. The summed E-state index contributed by atoms with van der Waals surface area (Å²) in [6.07, 6.45) is 12.3. The van der Waals surface area contributed by atoms with Gasteiger partial charge >= 0.3 is 0 Å². The van der Waals surface area contributed by atoms with E-state index in [1.165, 1.54) is 12.7 Å². The first-order chi connectivity index (χ1) is 22.6. The number of nitrogens with zero attached hydrogens (tertiary/aromatic N) is 10. The molecule has 242 valence electrons. The van der Waals surface area contributed by atoms with Gasteiger partial charge in [-0.3, -0.25) is 4.90 Å². The lowest BCUT2D eigenvalue weighted by Gasteiger charge is -2.47. The van der Waals surface area contributed by atoms with Crippen molar-refractivity contribution in [3.05, 3.63) is 48.7 Å². The molecule has 0 radical (unpaired) electrons. The SMILES string of the molecule is COCCOc1nn(C2(N3CCOCC3)CCCCC2)cc1Nc1ncc(-c2ccc(C#N)c(OC(C)Cn3cnnn3)c2)cn1. The van der Waals surface area contributed by atoms with Crippen LogP contribution in [0.25, 0.3) is 11.1 Å². The highest BCUT2D eigenvalue weighted by Gasteiger charge is 2.42.